The van der Waals surface area contributed by atoms with Crippen LogP contribution in [-0.2, 0) is 14.3 Å². The first-order chi connectivity index (χ1) is 41.7. The Bertz CT molecular complexity index is 1480. The quantitative estimate of drug-likeness (QED) is 0.0215. The van der Waals surface area contributed by atoms with Crippen molar-refractivity contribution in [1.82, 2.24) is 5.32 Å². The fraction of sp³-hybridized carbons (Fsp3) is 0.905. The minimum Gasteiger partial charge on any atom is -0.394 e. The minimum absolute atomic E-state index is 0.248. The standard InChI is InChI=1S/C74H141NO10/c1-3-5-7-9-11-13-15-17-19-21-23-25-27-28-29-30-31-32-33-34-35-36-37-38-39-40-42-44-46-48-50-52-54-56-58-60-62-67(78)73(83)75-65(64-84-74-72(82)71(81)70(80)68(63-76)85-74)69(79)66(77)61-59-57-55-53-51-49-47-45-43-41-26-24-22-20-18-16-14-12-10-8-6-4-2/h32-33,45,47,53,55,65-72,74,76-82H,3-31,34-44,46,48-52,54,56-64H2,1-2H3,(H,75,83)/b33-32-,47-45+,55-53+. The smallest absolute Gasteiger partial charge is 0.249 e. The minimum atomic E-state index is -1.67. The molecule has 1 aliphatic rings. The summed E-state index contributed by atoms with van der Waals surface area (Å²) in [6.45, 7) is 3.49. The lowest BCUT2D eigenvalue weighted by molar-refractivity contribution is -0.303. The van der Waals surface area contributed by atoms with Crippen LogP contribution >= 0.6 is 0 Å². The number of hydrogen-bond acceptors (Lipinski definition) is 10. The van der Waals surface area contributed by atoms with Crippen LogP contribution in [0.5, 0.6) is 0 Å². The van der Waals surface area contributed by atoms with Gasteiger partial charge in [0.05, 0.1) is 25.4 Å². The molecule has 0 aromatic heterocycles. The van der Waals surface area contributed by atoms with Crippen LogP contribution in [0.15, 0.2) is 36.5 Å². The third-order valence-corrected chi connectivity index (χ3v) is 17.9. The van der Waals surface area contributed by atoms with E-state index in [1.165, 1.54) is 276 Å². The summed E-state index contributed by atoms with van der Waals surface area (Å²) in [6, 6.07) is -1.19. The first kappa shape index (κ1) is 81.3. The zero-order chi connectivity index (χ0) is 61.7. The van der Waals surface area contributed by atoms with Crippen molar-refractivity contribution in [1.29, 1.82) is 0 Å². The van der Waals surface area contributed by atoms with E-state index < -0.39 is 74.2 Å². The molecule has 0 radical (unpaired) electrons. The second-order valence-electron chi connectivity index (χ2n) is 26.0. The maximum Gasteiger partial charge on any atom is 0.249 e. The van der Waals surface area contributed by atoms with Crippen LogP contribution in [-0.4, -0.2) is 110 Å². The van der Waals surface area contributed by atoms with Gasteiger partial charge in [-0.15, -0.1) is 0 Å². The number of hydrogen-bond donors (Lipinski definition) is 8. The summed E-state index contributed by atoms with van der Waals surface area (Å²) in [5.41, 5.74) is 0. The summed E-state index contributed by atoms with van der Waals surface area (Å²) in [4.78, 5) is 13.3. The van der Waals surface area contributed by atoms with Crippen LogP contribution in [0.2, 0.25) is 0 Å². The van der Waals surface area contributed by atoms with Gasteiger partial charge in [-0.3, -0.25) is 4.79 Å². The van der Waals surface area contributed by atoms with Crippen LogP contribution < -0.4 is 5.32 Å². The third kappa shape index (κ3) is 49.8. The lowest BCUT2D eigenvalue weighted by atomic mass is 9.98. The topological polar surface area (TPSA) is 189 Å². The normalized spacial score (nSPS) is 19.0. The number of rotatable bonds is 65. The van der Waals surface area contributed by atoms with E-state index in [4.69, 9.17) is 9.47 Å². The van der Waals surface area contributed by atoms with Gasteiger partial charge in [-0.1, -0.05) is 320 Å². The Labute approximate surface area is 524 Å². The molecule has 11 heteroatoms. The molecule has 0 spiro atoms. The molecule has 9 atom stereocenters. The molecule has 1 amide bonds. The van der Waals surface area contributed by atoms with Gasteiger partial charge in [0.15, 0.2) is 6.29 Å². The molecule has 0 aliphatic carbocycles. The number of carbonyl (C=O) groups is 1. The van der Waals surface area contributed by atoms with Gasteiger partial charge in [0, 0.05) is 0 Å². The summed E-state index contributed by atoms with van der Waals surface area (Å²) in [7, 11) is 0. The lowest BCUT2D eigenvalue weighted by Crippen LogP contribution is -2.60. The van der Waals surface area contributed by atoms with Gasteiger partial charge in [0.2, 0.25) is 5.91 Å². The Kier molecular flexibility index (Phi) is 59.8. The Hall–Kier alpha value is -1.67. The highest BCUT2D eigenvalue weighted by Crippen LogP contribution is 2.24. The van der Waals surface area contributed by atoms with E-state index in [9.17, 15) is 40.5 Å². The van der Waals surface area contributed by atoms with Crippen molar-refractivity contribution in [3.05, 3.63) is 36.5 Å². The number of allylic oxidation sites excluding steroid dienone is 6. The van der Waals surface area contributed by atoms with Crippen LogP contribution in [0.4, 0.5) is 0 Å². The Balaban J connectivity index is 2.16. The van der Waals surface area contributed by atoms with Crippen LogP contribution in [0.1, 0.15) is 361 Å². The molecule has 85 heavy (non-hydrogen) atoms. The number of nitrogens with one attached hydrogen (secondary N) is 1. The van der Waals surface area contributed by atoms with E-state index in [0.717, 1.165) is 38.5 Å². The van der Waals surface area contributed by atoms with E-state index in [1.54, 1.807) is 0 Å². The van der Waals surface area contributed by atoms with Gasteiger partial charge in [0.1, 0.15) is 36.6 Å². The summed E-state index contributed by atoms with van der Waals surface area (Å²) < 4.78 is 11.2. The largest absolute Gasteiger partial charge is 0.394 e. The molecule has 1 aliphatic heterocycles. The predicted octanol–water partition coefficient (Wildman–Crippen LogP) is 18.1. The number of amides is 1. The molecular weight excluding hydrogens is 1060 g/mol. The van der Waals surface area contributed by atoms with Crippen molar-refractivity contribution < 1.29 is 50.0 Å². The van der Waals surface area contributed by atoms with Gasteiger partial charge >= 0.3 is 0 Å². The molecular formula is C74H141NO10. The van der Waals surface area contributed by atoms with E-state index in [2.05, 4.69) is 55.6 Å². The Morgan fingerprint density at radius 3 is 1.05 bits per heavy atom. The average molecular weight is 1200 g/mol. The molecule has 0 aromatic rings. The maximum absolute atomic E-state index is 13.3. The van der Waals surface area contributed by atoms with E-state index in [-0.39, 0.29) is 12.8 Å². The SMILES string of the molecule is CCCCCCCCCCCCCCC/C=C/CC/C=C/CCCC(O)C(O)C(COC1OC(CO)C(O)C(O)C1O)NC(=O)C(O)CCCCCCCCCCCCCCCCCC/C=C\CCCCCCCCCCCCCCCCCC. The molecule has 11 nitrogen and oxygen atoms in total. The molecule has 1 heterocycles. The first-order valence-corrected chi connectivity index (χ1v) is 36.9. The molecule has 8 N–H and O–H groups in total. The summed E-state index contributed by atoms with van der Waals surface area (Å²) in [5, 5.41) is 76.5. The number of ether oxygens (including phenoxy) is 2. The highest BCUT2D eigenvalue weighted by atomic mass is 16.7. The second kappa shape index (κ2) is 62.5. The van der Waals surface area contributed by atoms with Gasteiger partial charge < -0.3 is 50.5 Å². The Morgan fingerprint density at radius 2 is 0.706 bits per heavy atom. The van der Waals surface area contributed by atoms with E-state index >= 15 is 0 Å². The van der Waals surface area contributed by atoms with Crippen molar-refractivity contribution in [3.63, 3.8) is 0 Å². The van der Waals surface area contributed by atoms with Crippen LogP contribution in [0, 0.1) is 0 Å². The molecule has 1 saturated heterocycles. The first-order valence-electron chi connectivity index (χ1n) is 36.9. The van der Waals surface area contributed by atoms with Gasteiger partial charge in [-0.05, 0) is 77.0 Å². The summed E-state index contributed by atoms with van der Waals surface area (Å²) in [6.07, 6.45) is 69.7. The van der Waals surface area contributed by atoms with E-state index in [1.807, 2.05) is 0 Å². The summed E-state index contributed by atoms with van der Waals surface area (Å²) in [5.74, 6) is -0.705. The van der Waals surface area contributed by atoms with Gasteiger partial charge in [-0.25, -0.2) is 0 Å². The molecule has 1 fully saturated rings. The highest BCUT2D eigenvalue weighted by Gasteiger charge is 2.44. The van der Waals surface area contributed by atoms with Crippen molar-refractivity contribution in [2.45, 2.75) is 416 Å². The number of unbranched alkanes of at least 4 members (excludes halogenated alkanes) is 47. The second-order valence-corrected chi connectivity index (χ2v) is 26.0. The fourth-order valence-corrected chi connectivity index (χ4v) is 12.0. The molecule has 0 bridgehead atoms. The maximum atomic E-state index is 13.3. The van der Waals surface area contributed by atoms with Crippen molar-refractivity contribution in [2.75, 3.05) is 13.2 Å². The average Bonchev–Trinajstić information content (AvgIpc) is 3.51. The van der Waals surface area contributed by atoms with Gasteiger partial charge in [0.25, 0.3) is 0 Å². The molecule has 9 unspecified atom stereocenters. The molecule has 0 aromatic carbocycles. The zero-order valence-corrected chi connectivity index (χ0v) is 55.6. The number of aliphatic hydroxyl groups is 7. The molecule has 502 valence electrons. The molecule has 0 saturated carbocycles. The van der Waals surface area contributed by atoms with Crippen molar-refractivity contribution in [3.8, 4) is 0 Å². The monoisotopic (exact) mass is 1200 g/mol. The number of carbonyl (C=O) groups excluding carboxylic acids is 1. The van der Waals surface area contributed by atoms with Gasteiger partial charge in [-0.2, -0.15) is 0 Å². The number of aliphatic hydroxyl groups excluding tert-OH is 7. The van der Waals surface area contributed by atoms with Crippen LogP contribution in [0.25, 0.3) is 0 Å². The van der Waals surface area contributed by atoms with Crippen molar-refractivity contribution in [2.24, 2.45) is 0 Å². The molecule has 1 rings (SSSR count). The zero-order valence-electron chi connectivity index (χ0n) is 55.6. The third-order valence-electron chi connectivity index (χ3n) is 17.9. The summed E-state index contributed by atoms with van der Waals surface area (Å²) >= 11 is 0. The predicted molar refractivity (Wildman–Crippen MR) is 358 cm³/mol. The van der Waals surface area contributed by atoms with Crippen molar-refractivity contribution >= 4 is 5.91 Å². The highest BCUT2D eigenvalue weighted by molar-refractivity contribution is 5.80. The van der Waals surface area contributed by atoms with Crippen LogP contribution in [0.3, 0.4) is 0 Å². The lowest BCUT2D eigenvalue weighted by Gasteiger charge is -2.40. The Morgan fingerprint density at radius 1 is 0.400 bits per heavy atom. The van der Waals surface area contributed by atoms with E-state index in [0.29, 0.717) is 19.3 Å². The fourth-order valence-electron chi connectivity index (χ4n) is 12.0.